The molecule has 0 radical (unpaired) electrons. The lowest BCUT2D eigenvalue weighted by atomic mass is 9.98. The van der Waals surface area contributed by atoms with Crippen LogP contribution in [0.15, 0.2) is 54.6 Å². The van der Waals surface area contributed by atoms with Crippen LogP contribution in [0.3, 0.4) is 0 Å². The predicted molar refractivity (Wildman–Crippen MR) is 110 cm³/mol. The van der Waals surface area contributed by atoms with Gasteiger partial charge in [0, 0.05) is 34.9 Å². The summed E-state index contributed by atoms with van der Waals surface area (Å²) in [5, 5.41) is 6.76. The van der Waals surface area contributed by atoms with Crippen LogP contribution < -0.4 is 5.32 Å². The second kappa shape index (κ2) is 9.34. The van der Waals surface area contributed by atoms with E-state index >= 15 is 0 Å². The number of hydrogen-bond acceptors (Lipinski definition) is 3. The highest BCUT2D eigenvalue weighted by atomic mass is 35.5. The Balaban J connectivity index is 1.62. The van der Waals surface area contributed by atoms with Gasteiger partial charge in [-0.05, 0) is 49.7 Å². The summed E-state index contributed by atoms with van der Waals surface area (Å²) in [6.07, 6.45) is -4.12. The molecule has 5 nitrogen and oxygen atoms in total. The first-order valence-electron chi connectivity index (χ1n) is 9.46. The fourth-order valence-corrected chi connectivity index (χ4v) is 3.16. The first kappa shape index (κ1) is 22.6. The molecule has 0 bridgehead atoms. The van der Waals surface area contributed by atoms with Gasteiger partial charge in [0.25, 0.3) is 5.91 Å². The van der Waals surface area contributed by atoms with Gasteiger partial charge in [-0.3, -0.25) is 14.3 Å². The first-order valence-corrected chi connectivity index (χ1v) is 9.84. The van der Waals surface area contributed by atoms with Crippen LogP contribution in [0.25, 0.3) is 0 Å². The SMILES string of the molecule is Cc1cc(C(F)(F)F)nn1CCCNC(=O)c1ccccc1C(=O)c1ccc(Cl)cc1. The van der Waals surface area contributed by atoms with E-state index < -0.39 is 17.8 Å². The van der Waals surface area contributed by atoms with Gasteiger partial charge in [0.15, 0.2) is 11.5 Å². The number of halogens is 4. The van der Waals surface area contributed by atoms with Crippen LogP contribution >= 0.6 is 11.6 Å². The molecule has 31 heavy (non-hydrogen) atoms. The number of aryl methyl sites for hydroxylation is 2. The molecular weight excluding hydrogens is 431 g/mol. The van der Waals surface area contributed by atoms with E-state index in [9.17, 15) is 22.8 Å². The van der Waals surface area contributed by atoms with E-state index in [-0.39, 0.29) is 30.0 Å². The van der Waals surface area contributed by atoms with Crippen LogP contribution in [0, 0.1) is 6.92 Å². The molecular formula is C22H19ClF3N3O2. The highest BCUT2D eigenvalue weighted by Crippen LogP contribution is 2.28. The van der Waals surface area contributed by atoms with E-state index in [2.05, 4.69) is 10.4 Å². The van der Waals surface area contributed by atoms with Crippen molar-refractivity contribution in [3.63, 3.8) is 0 Å². The van der Waals surface area contributed by atoms with Crippen molar-refractivity contribution in [2.45, 2.75) is 26.1 Å². The molecule has 1 N–H and O–H groups in total. The lowest BCUT2D eigenvalue weighted by molar-refractivity contribution is -0.141. The monoisotopic (exact) mass is 449 g/mol. The van der Waals surface area contributed by atoms with Crippen LogP contribution in [-0.2, 0) is 12.7 Å². The number of amides is 1. The molecule has 1 aromatic heterocycles. The van der Waals surface area contributed by atoms with Crippen molar-refractivity contribution in [1.29, 1.82) is 0 Å². The fourth-order valence-electron chi connectivity index (χ4n) is 3.04. The zero-order chi connectivity index (χ0) is 22.6. The molecule has 0 unspecified atom stereocenters. The van der Waals surface area contributed by atoms with Crippen LogP contribution in [0.4, 0.5) is 13.2 Å². The highest BCUT2D eigenvalue weighted by Gasteiger charge is 2.34. The maximum atomic E-state index is 12.8. The molecule has 0 saturated heterocycles. The molecule has 0 fully saturated rings. The van der Waals surface area contributed by atoms with Crippen molar-refractivity contribution in [3.05, 3.63) is 87.7 Å². The van der Waals surface area contributed by atoms with E-state index in [0.29, 0.717) is 22.7 Å². The minimum atomic E-state index is -4.50. The summed E-state index contributed by atoms with van der Waals surface area (Å²) >= 11 is 5.86. The van der Waals surface area contributed by atoms with Gasteiger partial charge in [-0.1, -0.05) is 29.8 Å². The van der Waals surface area contributed by atoms with E-state index in [0.717, 1.165) is 6.07 Å². The average Bonchev–Trinajstić information content (AvgIpc) is 3.12. The molecule has 0 atom stereocenters. The maximum absolute atomic E-state index is 12.8. The zero-order valence-electron chi connectivity index (χ0n) is 16.5. The van der Waals surface area contributed by atoms with Crippen LogP contribution in [0.1, 0.15) is 44.1 Å². The summed E-state index contributed by atoms with van der Waals surface area (Å²) in [5.74, 6) is -0.750. The lowest BCUT2D eigenvalue weighted by Gasteiger charge is -2.10. The number of benzene rings is 2. The number of alkyl halides is 3. The Morgan fingerprint density at radius 2 is 1.71 bits per heavy atom. The molecule has 0 aliphatic carbocycles. The smallest absolute Gasteiger partial charge is 0.352 e. The Bertz CT molecular complexity index is 1090. The summed E-state index contributed by atoms with van der Waals surface area (Å²) in [4.78, 5) is 25.4. The third-order valence-electron chi connectivity index (χ3n) is 4.63. The van der Waals surface area contributed by atoms with Crippen LogP contribution in [0.5, 0.6) is 0 Å². The normalized spacial score (nSPS) is 11.4. The number of nitrogens with one attached hydrogen (secondary N) is 1. The van der Waals surface area contributed by atoms with Crippen molar-refractivity contribution in [1.82, 2.24) is 15.1 Å². The Kier molecular flexibility index (Phi) is 6.80. The average molecular weight is 450 g/mol. The number of aromatic nitrogens is 2. The Hall–Kier alpha value is -3.13. The summed E-state index contributed by atoms with van der Waals surface area (Å²) in [6.45, 7) is 1.97. The second-order valence-corrected chi connectivity index (χ2v) is 7.32. The van der Waals surface area contributed by atoms with Crippen molar-refractivity contribution in [2.75, 3.05) is 6.54 Å². The quantitative estimate of drug-likeness (QED) is 0.411. The van der Waals surface area contributed by atoms with Crippen LogP contribution in [-0.4, -0.2) is 28.0 Å². The van der Waals surface area contributed by atoms with Crippen molar-refractivity contribution in [3.8, 4) is 0 Å². The number of ketones is 1. The molecule has 162 valence electrons. The third-order valence-corrected chi connectivity index (χ3v) is 4.88. The lowest BCUT2D eigenvalue weighted by Crippen LogP contribution is -2.27. The van der Waals surface area contributed by atoms with Gasteiger partial charge in [-0.25, -0.2) is 0 Å². The van der Waals surface area contributed by atoms with Gasteiger partial charge < -0.3 is 5.32 Å². The van der Waals surface area contributed by atoms with Crippen molar-refractivity contribution < 1.29 is 22.8 Å². The Morgan fingerprint density at radius 1 is 1.06 bits per heavy atom. The van der Waals surface area contributed by atoms with Gasteiger partial charge in [-0.15, -0.1) is 0 Å². The van der Waals surface area contributed by atoms with Crippen molar-refractivity contribution in [2.24, 2.45) is 0 Å². The summed E-state index contributed by atoms with van der Waals surface area (Å²) < 4.78 is 39.5. The number of carbonyl (C=O) groups is 2. The Morgan fingerprint density at radius 3 is 2.32 bits per heavy atom. The van der Waals surface area contributed by atoms with Gasteiger partial charge in [0.05, 0.1) is 5.56 Å². The summed E-state index contributed by atoms with van der Waals surface area (Å²) in [7, 11) is 0. The van der Waals surface area contributed by atoms with E-state index in [1.165, 1.54) is 4.68 Å². The van der Waals surface area contributed by atoms with Crippen molar-refractivity contribution >= 4 is 23.3 Å². The molecule has 0 saturated carbocycles. The maximum Gasteiger partial charge on any atom is 0.435 e. The summed E-state index contributed by atoms with van der Waals surface area (Å²) in [6, 6.07) is 13.8. The molecule has 3 rings (SSSR count). The van der Waals surface area contributed by atoms with Crippen LogP contribution in [0.2, 0.25) is 5.02 Å². The van der Waals surface area contributed by atoms with Gasteiger partial charge in [0.2, 0.25) is 0 Å². The zero-order valence-corrected chi connectivity index (χ0v) is 17.3. The van der Waals surface area contributed by atoms with E-state index in [4.69, 9.17) is 11.6 Å². The molecule has 2 aromatic carbocycles. The molecule has 1 heterocycles. The Labute approximate surface area is 181 Å². The molecule has 1 amide bonds. The standard InChI is InChI=1S/C22H19ClF3N3O2/c1-14-13-19(22(24,25)26)28-29(14)12-4-11-27-21(31)18-6-3-2-5-17(18)20(30)15-7-9-16(23)10-8-15/h2-3,5-10,13H,4,11-12H2,1H3,(H,27,31). The number of nitrogens with zero attached hydrogens (tertiary/aromatic N) is 2. The molecule has 9 heteroatoms. The van der Waals surface area contributed by atoms with Gasteiger partial charge >= 0.3 is 6.18 Å². The largest absolute Gasteiger partial charge is 0.435 e. The topological polar surface area (TPSA) is 64.0 Å². The molecule has 0 aliphatic rings. The second-order valence-electron chi connectivity index (χ2n) is 6.88. The van der Waals surface area contributed by atoms with E-state index in [1.54, 1.807) is 55.5 Å². The minimum Gasteiger partial charge on any atom is -0.352 e. The minimum absolute atomic E-state index is 0.211. The molecule has 0 spiro atoms. The number of hydrogen-bond donors (Lipinski definition) is 1. The fraction of sp³-hybridized carbons (Fsp3) is 0.227. The number of carbonyl (C=O) groups excluding carboxylic acids is 2. The third kappa shape index (κ3) is 5.52. The highest BCUT2D eigenvalue weighted by molar-refractivity contribution is 6.30. The predicted octanol–water partition coefficient (Wildman–Crippen LogP) is 4.91. The van der Waals surface area contributed by atoms with Gasteiger partial charge in [-0.2, -0.15) is 18.3 Å². The van der Waals surface area contributed by atoms with E-state index in [1.807, 2.05) is 0 Å². The van der Waals surface area contributed by atoms with Gasteiger partial charge in [0.1, 0.15) is 0 Å². The number of rotatable bonds is 7. The molecule has 3 aromatic rings. The summed E-state index contributed by atoms with van der Waals surface area (Å²) in [5.41, 5.74) is 0.317. The molecule has 0 aliphatic heterocycles. The first-order chi connectivity index (χ1) is 14.7.